The van der Waals surface area contributed by atoms with Crippen LogP contribution in [0.15, 0.2) is 54.6 Å². The molecule has 0 aliphatic carbocycles. The van der Waals surface area contributed by atoms with Crippen LogP contribution in [0.1, 0.15) is 36.9 Å². The van der Waals surface area contributed by atoms with Crippen molar-refractivity contribution in [2.45, 2.75) is 31.8 Å². The van der Waals surface area contributed by atoms with Gasteiger partial charge in [0, 0.05) is 25.0 Å². The molecule has 0 radical (unpaired) electrons. The summed E-state index contributed by atoms with van der Waals surface area (Å²) in [5, 5.41) is 3.20. The van der Waals surface area contributed by atoms with Crippen molar-refractivity contribution in [2.24, 2.45) is 11.7 Å². The highest BCUT2D eigenvalue weighted by atomic mass is 16.5. The summed E-state index contributed by atoms with van der Waals surface area (Å²) in [5.74, 6) is 1.41. The van der Waals surface area contributed by atoms with Gasteiger partial charge in [-0.2, -0.15) is 0 Å². The van der Waals surface area contributed by atoms with E-state index >= 15 is 0 Å². The molecule has 3 N–H and O–H groups in total. The SMILES string of the molecule is COc1ccc(C(NC(=O)CN2C[C@@H](N)[C@H](c3ccccc3)C2)C(C)C)cc1. The summed E-state index contributed by atoms with van der Waals surface area (Å²) in [5.41, 5.74) is 8.69. The Balaban J connectivity index is 1.60. The Morgan fingerprint density at radius 1 is 1.14 bits per heavy atom. The normalized spacial score (nSPS) is 20.9. The lowest BCUT2D eigenvalue weighted by Crippen LogP contribution is -2.40. The Morgan fingerprint density at radius 3 is 2.43 bits per heavy atom. The maximum atomic E-state index is 12.7. The minimum Gasteiger partial charge on any atom is -0.497 e. The van der Waals surface area contributed by atoms with Crippen LogP contribution in [-0.2, 0) is 4.79 Å². The van der Waals surface area contributed by atoms with E-state index in [1.54, 1.807) is 7.11 Å². The number of nitrogens with two attached hydrogens (primary N) is 1. The van der Waals surface area contributed by atoms with E-state index < -0.39 is 0 Å². The Kier molecular flexibility index (Phi) is 6.70. The van der Waals surface area contributed by atoms with E-state index in [-0.39, 0.29) is 29.8 Å². The number of hydrogen-bond donors (Lipinski definition) is 2. The van der Waals surface area contributed by atoms with Gasteiger partial charge in [0.2, 0.25) is 5.91 Å². The molecule has 0 aromatic heterocycles. The smallest absolute Gasteiger partial charge is 0.234 e. The molecule has 1 aliphatic rings. The van der Waals surface area contributed by atoms with Crippen molar-refractivity contribution >= 4 is 5.91 Å². The lowest BCUT2D eigenvalue weighted by atomic mass is 9.95. The third-order valence-corrected chi connectivity index (χ3v) is 5.49. The van der Waals surface area contributed by atoms with Gasteiger partial charge in [0.1, 0.15) is 5.75 Å². The fourth-order valence-corrected chi connectivity index (χ4v) is 3.96. The predicted molar refractivity (Wildman–Crippen MR) is 112 cm³/mol. The van der Waals surface area contributed by atoms with Crippen LogP contribution in [0, 0.1) is 5.92 Å². The zero-order valence-corrected chi connectivity index (χ0v) is 17.0. The molecule has 150 valence electrons. The summed E-state index contributed by atoms with van der Waals surface area (Å²) in [4.78, 5) is 14.9. The molecule has 0 spiro atoms. The number of amides is 1. The van der Waals surface area contributed by atoms with Gasteiger partial charge in [-0.1, -0.05) is 56.3 Å². The minimum absolute atomic E-state index is 0.0281. The first-order valence-electron chi connectivity index (χ1n) is 9.94. The number of hydrogen-bond acceptors (Lipinski definition) is 4. The molecule has 0 saturated carbocycles. The Labute approximate surface area is 167 Å². The van der Waals surface area contributed by atoms with Crippen molar-refractivity contribution in [1.82, 2.24) is 10.2 Å². The summed E-state index contributed by atoms with van der Waals surface area (Å²) in [6.07, 6.45) is 0. The second-order valence-corrected chi connectivity index (χ2v) is 7.94. The van der Waals surface area contributed by atoms with Crippen LogP contribution < -0.4 is 15.8 Å². The van der Waals surface area contributed by atoms with E-state index in [0.29, 0.717) is 6.54 Å². The monoisotopic (exact) mass is 381 g/mol. The van der Waals surface area contributed by atoms with Crippen molar-refractivity contribution in [3.63, 3.8) is 0 Å². The van der Waals surface area contributed by atoms with Crippen LogP contribution in [0.5, 0.6) is 5.75 Å². The number of ether oxygens (including phenoxy) is 1. The summed E-state index contributed by atoms with van der Waals surface area (Å²) in [6.45, 7) is 6.16. The fourth-order valence-electron chi connectivity index (χ4n) is 3.96. The highest BCUT2D eigenvalue weighted by Gasteiger charge is 2.32. The molecule has 5 nitrogen and oxygen atoms in total. The van der Waals surface area contributed by atoms with Gasteiger partial charge < -0.3 is 15.8 Å². The average molecular weight is 382 g/mol. The van der Waals surface area contributed by atoms with Crippen molar-refractivity contribution < 1.29 is 9.53 Å². The van der Waals surface area contributed by atoms with Crippen molar-refractivity contribution in [3.05, 3.63) is 65.7 Å². The van der Waals surface area contributed by atoms with Gasteiger partial charge in [-0.25, -0.2) is 0 Å². The lowest BCUT2D eigenvalue weighted by molar-refractivity contribution is -0.123. The van der Waals surface area contributed by atoms with Crippen LogP contribution in [-0.4, -0.2) is 43.6 Å². The van der Waals surface area contributed by atoms with E-state index in [0.717, 1.165) is 24.4 Å². The number of carbonyl (C=O) groups is 1. The van der Waals surface area contributed by atoms with Gasteiger partial charge in [-0.3, -0.25) is 9.69 Å². The molecule has 0 bridgehead atoms. The van der Waals surface area contributed by atoms with Crippen molar-refractivity contribution in [2.75, 3.05) is 26.7 Å². The van der Waals surface area contributed by atoms with Gasteiger partial charge >= 0.3 is 0 Å². The van der Waals surface area contributed by atoms with Gasteiger partial charge in [-0.15, -0.1) is 0 Å². The topological polar surface area (TPSA) is 67.6 Å². The van der Waals surface area contributed by atoms with E-state index in [9.17, 15) is 4.79 Å². The number of likely N-dealkylation sites (tertiary alicyclic amines) is 1. The quantitative estimate of drug-likeness (QED) is 0.774. The zero-order valence-electron chi connectivity index (χ0n) is 17.0. The number of methoxy groups -OCH3 is 1. The number of nitrogens with one attached hydrogen (secondary N) is 1. The first-order chi connectivity index (χ1) is 13.5. The molecule has 5 heteroatoms. The third-order valence-electron chi connectivity index (χ3n) is 5.49. The first kappa shape index (κ1) is 20.4. The Morgan fingerprint density at radius 2 is 1.82 bits per heavy atom. The third kappa shape index (κ3) is 4.91. The Hall–Kier alpha value is -2.37. The maximum absolute atomic E-state index is 12.7. The maximum Gasteiger partial charge on any atom is 0.234 e. The van der Waals surface area contributed by atoms with Crippen molar-refractivity contribution in [3.8, 4) is 5.75 Å². The molecule has 3 atom stereocenters. The largest absolute Gasteiger partial charge is 0.497 e. The van der Waals surface area contributed by atoms with E-state index in [1.165, 1.54) is 5.56 Å². The highest BCUT2D eigenvalue weighted by molar-refractivity contribution is 5.78. The zero-order chi connectivity index (χ0) is 20.1. The van der Waals surface area contributed by atoms with Gasteiger partial charge in [0.05, 0.1) is 19.7 Å². The molecule has 1 saturated heterocycles. The summed E-state index contributed by atoms with van der Waals surface area (Å²) in [7, 11) is 1.65. The Bertz CT molecular complexity index is 761. The number of carbonyl (C=O) groups excluding carboxylic acids is 1. The fraction of sp³-hybridized carbons (Fsp3) is 0.435. The first-order valence-corrected chi connectivity index (χ1v) is 9.94. The van der Waals surface area contributed by atoms with Crippen LogP contribution in [0.3, 0.4) is 0 Å². The summed E-state index contributed by atoms with van der Waals surface area (Å²) < 4.78 is 5.23. The molecule has 28 heavy (non-hydrogen) atoms. The van der Waals surface area contributed by atoms with E-state index in [2.05, 4.69) is 36.2 Å². The second kappa shape index (κ2) is 9.22. The van der Waals surface area contributed by atoms with Crippen LogP contribution in [0.2, 0.25) is 0 Å². The molecule has 1 heterocycles. The molecule has 1 fully saturated rings. The molecule has 2 aromatic carbocycles. The van der Waals surface area contributed by atoms with Crippen LogP contribution >= 0.6 is 0 Å². The molecule has 3 rings (SSSR count). The molecular weight excluding hydrogens is 350 g/mol. The molecule has 1 amide bonds. The minimum atomic E-state index is -0.0281. The lowest BCUT2D eigenvalue weighted by Gasteiger charge is -2.25. The summed E-state index contributed by atoms with van der Waals surface area (Å²) in [6, 6.07) is 18.2. The number of rotatable bonds is 7. The second-order valence-electron chi connectivity index (χ2n) is 7.94. The summed E-state index contributed by atoms with van der Waals surface area (Å²) >= 11 is 0. The average Bonchev–Trinajstić information content (AvgIpc) is 3.06. The predicted octanol–water partition coefficient (Wildman–Crippen LogP) is 2.94. The number of benzene rings is 2. The van der Waals surface area contributed by atoms with Crippen LogP contribution in [0.4, 0.5) is 0 Å². The molecule has 1 unspecified atom stereocenters. The highest BCUT2D eigenvalue weighted by Crippen LogP contribution is 2.27. The molecule has 1 aliphatic heterocycles. The van der Waals surface area contributed by atoms with Gasteiger partial charge in [0.15, 0.2) is 0 Å². The molecule has 2 aromatic rings. The van der Waals surface area contributed by atoms with Crippen LogP contribution in [0.25, 0.3) is 0 Å². The molecular formula is C23H31N3O2. The van der Waals surface area contributed by atoms with Crippen molar-refractivity contribution in [1.29, 1.82) is 0 Å². The van der Waals surface area contributed by atoms with Gasteiger partial charge in [-0.05, 0) is 29.2 Å². The standard InChI is InChI=1S/C23H31N3O2/c1-16(2)23(18-9-11-19(28-3)12-10-18)25-22(27)15-26-13-20(21(24)14-26)17-7-5-4-6-8-17/h4-12,16,20-21,23H,13-15,24H2,1-3H3,(H,25,27)/t20-,21+,23?/m0/s1. The van der Waals surface area contributed by atoms with E-state index in [1.807, 2.05) is 42.5 Å². The van der Waals surface area contributed by atoms with E-state index in [4.69, 9.17) is 10.5 Å². The van der Waals surface area contributed by atoms with Gasteiger partial charge in [0.25, 0.3) is 0 Å². The number of nitrogens with zero attached hydrogens (tertiary/aromatic N) is 1.